The van der Waals surface area contributed by atoms with E-state index in [-0.39, 0.29) is 0 Å². The molecule has 0 saturated heterocycles. The smallest absolute Gasteiger partial charge is 0.0904 e. The number of hydrogen-bond acceptors (Lipinski definition) is 1. The first-order valence-electron chi connectivity index (χ1n) is 5.88. The second-order valence-corrected chi connectivity index (χ2v) is 4.56. The van der Waals surface area contributed by atoms with Gasteiger partial charge in [0.05, 0.1) is 11.2 Å². The predicted molar refractivity (Wildman–Crippen MR) is 72.3 cm³/mol. The van der Waals surface area contributed by atoms with Crippen LogP contribution in [-0.4, -0.2) is 10.8 Å². The number of hydrogen-bond donors (Lipinski definition) is 0. The highest BCUT2D eigenvalue weighted by Gasteiger charge is 2.16. The van der Waals surface area contributed by atoms with Crippen molar-refractivity contribution in [3.63, 3.8) is 0 Å². The fourth-order valence-corrected chi connectivity index (χ4v) is 2.84. The van der Waals surface area contributed by atoms with E-state index in [1.807, 2.05) is 6.21 Å². The third-order valence-corrected chi connectivity index (χ3v) is 3.66. The fraction of sp³-hybridized carbons (Fsp3) is 0.133. The predicted octanol–water partition coefficient (Wildman–Crippen LogP) is 3.59. The van der Waals surface area contributed by atoms with Crippen molar-refractivity contribution in [2.24, 2.45) is 12.0 Å². The quantitative estimate of drug-likeness (QED) is 0.551. The maximum atomic E-state index is 4.54. The summed E-state index contributed by atoms with van der Waals surface area (Å²) < 4.78 is 2.26. The van der Waals surface area contributed by atoms with Gasteiger partial charge < -0.3 is 4.57 Å². The maximum absolute atomic E-state index is 4.54. The van der Waals surface area contributed by atoms with E-state index in [0.29, 0.717) is 0 Å². The standard InChI is InChI=1S/C15H12N2/c1-17-13-5-3-2-4-11(13)12-7-6-10-8-9-16-14(10)15(12)17/h2-7,9H,8H2,1H3. The molecule has 1 aromatic heterocycles. The second kappa shape index (κ2) is 2.98. The van der Waals surface area contributed by atoms with Crippen LogP contribution < -0.4 is 0 Å². The lowest BCUT2D eigenvalue weighted by molar-refractivity contribution is 1.01. The van der Waals surface area contributed by atoms with Crippen molar-refractivity contribution in [1.29, 1.82) is 0 Å². The van der Waals surface area contributed by atoms with Crippen LogP contribution in [-0.2, 0) is 13.5 Å². The molecule has 2 heterocycles. The monoisotopic (exact) mass is 220 g/mol. The summed E-state index contributed by atoms with van der Waals surface area (Å²) >= 11 is 0. The molecular formula is C15H12N2. The van der Waals surface area contributed by atoms with Gasteiger partial charge in [0, 0.05) is 36.0 Å². The first kappa shape index (κ1) is 8.99. The van der Waals surface area contributed by atoms with Crippen molar-refractivity contribution in [1.82, 2.24) is 4.57 Å². The van der Waals surface area contributed by atoms with Crippen LogP contribution in [0.2, 0.25) is 0 Å². The minimum Gasteiger partial charge on any atom is -0.342 e. The van der Waals surface area contributed by atoms with Crippen molar-refractivity contribution in [2.45, 2.75) is 6.42 Å². The molecule has 0 saturated carbocycles. The Balaban J connectivity index is 2.33. The Morgan fingerprint density at radius 2 is 1.94 bits per heavy atom. The number of aliphatic imine (C=N–C) groups is 1. The van der Waals surface area contributed by atoms with Crippen molar-refractivity contribution < 1.29 is 0 Å². The van der Waals surface area contributed by atoms with Crippen LogP contribution >= 0.6 is 0 Å². The van der Waals surface area contributed by atoms with Crippen LogP contribution in [0.25, 0.3) is 21.8 Å². The van der Waals surface area contributed by atoms with Gasteiger partial charge in [-0.25, -0.2) is 0 Å². The SMILES string of the molecule is Cn1c2ccccc2c2ccc3c(c21)N=CC3. The molecule has 0 spiro atoms. The zero-order chi connectivity index (χ0) is 11.4. The number of fused-ring (bicyclic) bond motifs is 5. The lowest BCUT2D eigenvalue weighted by Gasteiger charge is -2.02. The molecule has 2 aromatic carbocycles. The van der Waals surface area contributed by atoms with Crippen LogP contribution in [0.3, 0.4) is 0 Å². The van der Waals surface area contributed by atoms with Gasteiger partial charge in [0.15, 0.2) is 0 Å². The molecule has 0 atom stereocenters. The average molecular weight is 220 g/mol. The van der Waals surface area contributed by atoms with E-state index < -0.39 is 0 Å². The molecule has 0 amide bonds. The molecule has 1 aliphatic heterocycles. The maximum Gasteiger partial charge on any atom is 0.0904 e. The highest BCUT2D eigenvalue weighted by atomic mass is 15.0. The number of para-hydroxylation sites is 1. The molecule has 0 aliphatic carbocycles. The van der Waals surface area contributed by atoms with Gasteiger partial charge in [-0.15, -0.1) is 0 Å². The van der Waals surface area contributed by atoms with E-state index in [1.54, 1.807) is 0 Å². The minimum atomic E-state index is 0.965. The molecule has 82 valence electrons. The zero-order valence-electron chi connectivity index (χ0n) is 9.64. The van der Waals surface area contributed by atoms with E-state index >= 15 is 0 Å². The molecule has 0 radical (unpaired) electrons. The summed E-state index contributed by atoms with van der Waals surface area (Å²) in [7, 11) is 2.12. The van der Waals surface area contributed by atoms with Crippen LogP contribution in [0.4, 0.5) is 5.69 Å². The third kappa shape index (κ3) is 1.02. The number of rotatable bonds is 0. The number of aryl methyl sites for hydroxylation is 1. The first-order valence-corrected chi connectivity index (χ1v) is 5.88. The zero-order valence-corrected chi connectivity index (χ0v) is 9.64. The molecule has 3 aromatic rings. The number of nitrogens with zero attached hydrogens (tertiary/aromatic N) is 2. The Bertz CT molecular complexity index is 778. The largest absolute Gasteiger partial charge is 0.342 e. The Kier molecular flexibility index (Phi) is 1.57. The normalized spacial score (nSPS) is 13.7. The van der Waals surface area contributed by atoms with E-state index in [4.69, 9.17) is 0 Å². The molecule has 0 bridgehead atoms. The van der Waals surface area contributed by atoms with Gasteiger partial charge in [0.2, 0.25) is 0 Å². The Morgan fingerprint density at radius 1 is 1.06 bits per heavy atom. The van der Waals surface area contributed by atoms with Crippen LogP contribution in [0, 0.1) is 0 Å². The molecule has 2 heteroatoms. The van der Waals surface area contributed by atoms with Gasteiger partial charge in [-0.3, -0.25) is 4.99 Å². The molecule has 2 nitrogen and oxygen atoms in total. The molecule has 4 rings (SSSR count). The lowest BCUT2D eigenvalue weighted by Crippen LogP contribution is -1.87. The molecule has 0 N–H and O–H groups in total. The van der Waals surface area contributed by atoms with E-state index in [0.717, 1.165) is 12.1 Å². The summed E-state index contributed by atoms with van der Waals surface area (Å²) in [5.74, 6) is 0. The lowest BCUT2D eigenvalue weighted by atomic mass is 10.1. The van der Waals surface area contributed by atoms with Crippen molar-refractivity contribution in [2.75, 3.05) is 0 Å². The average Bonchev–Trinajstić information content (AvgIpc) is 2.93. The van der Waals surface area contributed by atoms with Crippen LogP contribution in [0.1, 0.15) is 5.56 Å². The van der Waals surface area contributed by atoms with E-state index in [1.165, 1.54) is 27.4 Å². The summed E-state index contributed by atoms with van der Waals surface area (Å²) in [5.41, 5.74) is 5.03. The highest BCUT2D eigenvalue weighted by molar-refractivity contribution is 6.13. The number of benzene rings is 2. The summed E-state index contributed by atoms with van der Waals surface area (Å²) in [6.45, 7) is 0. The van der Waals surface area contributed by atoms with E-state index in [9.17, 15) is 0 Å². The van der Waals surface area contributed by atoms with Crippen molar-refractivity contribution >= 4 is 33.7 Å². The van der Waals surface area contributed by atoms with Gasteiger partial charge in [-0.2, -0.15) is 0 Å². The molecule has 0 fully saturated rings. The fourth-order valence-electron chi connectivity index (χ4n) is 2.84. The molecule has 17 heavy (non-hydrogen) atoms. The third-order valence-electron chi connectivity index (χ3n) is 3.66. The Labute approximate surface area is 99.2 Å². The molecule has 1 aliphatic rings. The van der Waals surface area contributed by atoms with Gasteiger partial charge in [0.25, 0.3) is 0 Å². The summed E-state index contributed by atoms with van der Waals surface area (Å²) in [5, 5.41) is 2.62. The van der Waals surface area contributed by atoms with Crippen LogP contribution in [0.5, 0.6) is 0 Å². The van der Waals surface area contributed by atoms with Crippen LogP contribution in [0.15, 0.2) is 41.4 Å². The topological polar surface area (TPSA) is 17.3 Å². The number of aromatic nitrogens is 1. The summed E-state index contributed by atoms with van der Waals surface area (Å²) in [6.07, 6.45) is 2.97. The van der Waals surface area contributed by atoms with Gasteiger partial charge in [0.1, 0.15) is 0 Å². The Morgan fingerprint density at radius 3 is 2.88 bits per heavy atom. The van der Waals surface area contributed by atoms with Crippen molar-refractivity contribution in [3.05, 3.63) is 42.0 Å². The van der Waals surface area contributed by atoms with Gasteiger partial charge >= 0.3 is 0 Å². The van der Waals surface area contributed by atoms with E-state index in [2.05, 4.69) is 53.0 Å². The Hall–Kier alpha value is -2.09. The molecular weight excluding hydrogens is 208 g/mol. The second-order valence-electron chi connectivity index (χ2n) is 4.56. The van der Waals surface area contributed by atoms with Crippen molar-refractivity contribution in [3.8, 4) is 0 Å². The minimum absolute atomic E-state index is 0.965. The van der Waals surface area contributed by atoms with Gasteiger partial charge in [-0.05, 0) is 11.6 Å². The first-order chi connectivity index (χ1) is 8.36. The van der Waals surface area contributed by atoms with Gasteiger partial charge in [-0.1, -0.05) is 30.3 Å². The summed E-state index contributed by atoms with van der Waals surface area (Å²) in [6, 6.07) is 13.0. The highest BCUT2D eigenvalue weighted by Crippen LogP contribution is 2.38. The molecule has 0 unspecified atom stereocenters. The summed E-state index contributed by atoms with van der Waals surface area (Å²) in [4.78, 5) is 4.54.